The first-order chi connectivity index (χ1) is 11.9. The maximum Gasteiger partial charge on any atom is 0.254 e. The lowest BCUT2D eigenvalue weighted by atomic mass is 10.1. The first kappa shape index (κ1) is 17.9. The quantitative estimate of drug-likeness (QED) is 0.905. The molecule has 3 atom stereocenters. The molecule has 6 heteroatoms. The van der Waals surface area contributed by atoms with Crippen molar-refractivity contribution < 1.29 is 9.90 Å². The van der Waals surface area contributed by atoms with Gasteiger partial charge in [0.1, 0.15) is 0 Å². The van der Waals surface area contributed by atoms with Gasteiger partial charge in [0.2, 0.25) is 0 Å². The van der Waals surface area contributed by atoms with E-state index in [0.29, 0.717) is 12.0 Å². The Morgan fingerprint density at radius 1 is 1.44 bits per heavy atom. The second-order valence-corrected chi connectivity index (χ2v) is 7.27. The fourth-order valence-electron chi connectivity index (χ4n) is 3.71. The molecule has 0 radical (unpaired) electrons. The van der Waals surface area contributed by atoms with Crippen LogP contribution in [0.2, 0.25) is 0 Å². The van der Waals surface area contributed by atoms with E-state index in [1.807, 2.05) is 22.6 Å². The molecule has 0 aliphatic carbocycles. The van der Waals surface area contributed by atoms with Crippen molar-refractivity contribution in [3.05, 3.63) is 23.5 Å². The van der Waals surface area contributed by atoms with E-state index >= 15 is 0 Å². The van der Waals surface area contributed by atoms with Crippen LogP contribution in [-0.4, -0.2) is 49.4 Å². The molecule has 136 valence electrons. The zero-order chi connectivity index (χ0) is 18.1. The lowest BCUT2D eigenvalue weighted by Crippen LogP contribution is -2.37. The maximum absolute atomic E-state index is 13.2. The van der Waals surface area contributed by atoms with Gasteiger partial charge >= 0.3 is 0 Å². The number of aryl methyl sites for hydroxylation is 1. The molecule has 2 aromatic rings. The minimum Gasteiger partial charge on any atom is -0.393 e. The predicted molar refractivity (Wildman–Crippen MR) is 97.6 cm³/mol. The van der Waals surface area contributed by atoms with Gasteiger partial charge in [0.25, 0.3) is 5.91 Å². The molecule has 3 unspecified atom stereocenters. The third kappa shape index (κ3) is 3.40. The monoisotopic (exact) mass is 344 g/mol. The molecule has 0 bridgehead atoms. The molecule has 0 saturated carbocycles. The van der Waals surface area contributed by atoms with Gasteiger partial charge in [-0.05, 0) is 52.5 Å². The molecular formula is C19H28N4O2. The van der Waals surface area contributed by atoms with Crippen LogP contribution < -0.4 is 0 Å². The lowest BCUT2D eigenvalue weighted by Gasteiger charge is -2.26. The largest absolute Gasteiger partial charge is 0.393 e. The third-order valence-electron chi connectivity index (χ3n) is 5.18. The molecule has 25 heavy (non-hydrogen) atoms. The van der Waals surface area contributed by atoms with Crippen LogP contribution >= 0.6 is 0 Å². The molecule has 1 fully saturated rings. The Kier molecular flexibility index (Phi) is 5.08. The highest BCUT2D eigenvalue weighted by Crippen LogP contribution is 2.28. The van der Waals surface area contributed by atoms with E-state index in [1.165, 1.54) is 0 Å². The Hall–Kier alpha value is -1.95. The molecule has 1 aliphatic heterocycles. The van der Waals surface area contributed by atoms with Gasteiger partial charge in [-0.2, -0.15) is 5.10 Å². The summed E-state index contributed by atoms with van der Waals surface area (Å²) in [6.45, 7) is 8.67. The van der Waals surface area contributed by atoms with Crippen LogP contribution in [0.4, 0.5) is 0 Å². The Bertz CT molecular complexity index is 768. The number of nitrogens with zero attached hydrogens (tertiary/aromatic N) is 4. The minimum absolute atomic E-state index is 0.0300. The Labute approximate surface area is 148 Å². The molecule has 2 aromatic heterocycles. The van der Waals surface area contributed by atoms with Crippen LogP contribution in [0.3, 0.4) is 0 Å². The normalized spacial score (nSPS) is 20.2. The molecule has 0 spiro atoms. The summed E-state index contributed by atoms with van der Waals surface area (Å²) >= 11 is 0. The van der Waals surface area contributed by atoms with E-state index < -0.39 is 6.10 Å². The Morgan fingerprint density at radius 3 is 2.88 bits per heavy atom. The number of pyridine rings is 1. The molecule has 1 aliphatic rings. The number of likely N-dealkylation sites (tertiary alicyclic amines) is 1. The highest BCUT2D eigenvalue weighted by atomic mass is 16.3. The van der Waals surface area contributed by atoms with E-state index in [-0.39, 0.29) is 18.0 Å². The molecule has 1 N–H and O–H groups in total. The van der Waals surface area contributed by atoms with Crippen LogP contribution in [0.15, 0.2) is 12.3 Å². The van der Waals surface area contributed by atoms with Crippen molar-refractivity contribution in [2.75, 3.05) is 6.54 Å². The second kappa shape index (κ2) is 7.12. The third-order valence-corrected chi connectivity index (χ3v) is 5.18. The van der Waals surface area contributed by atoms with Crippen LogP contribution in [0.5, 0.6) is 0 Å². The number of hydrogen-bond donors (Lipinski definition) is 1. The van der Waals surface area contributed by atoms with Crippen LogP contribution in [0.1, 0.15) is 68.5 Å². The predicted octanol–water partition coefficient (Wildman–Crippen LogP) is 3.09. The van der Waals surface area contributed by atoms with E-state index in [0.717, 1.165) is 42.5 Å². The standard InChI is InChI=1S/C19H28N4O2/c1-5-13(3)23-18-17(11-20-23)16(9-12(2)21-18)19(25)22-8-6-7-15(22)10-14(4)24/h9,11,13-15,24H,5-8,10H2,1-4H3. The molecule has 3 rings (SSSR count). The number of carbonyl (C=O) groups excluding carboxylic acids is 1. The van der Waals surface area contributed by atoms with E-state index in [4.69, 9.17) is 0 Å². The van der Waals surface area contributed by atoms with Crippen molar-refractivity contribution in [3.63, 3.8) is 0 Å². The fraction of sp³-hybridized carbons (Fsp3) is 0.632. The van der Waals surface area contributed by atoms with Gasteiger partial charge in [0.05, 0.1) is 29.3 Å². The van der Waals surface area contributed by atoms with Crippen molar-refractivity contribution in [1.29, 1.82) is 0 Å². The summed E-state index contributed by atoms with van der Waals surface area (Å²) in [6.07, 6.45) is 4.90. The molecule has 3 heterocycles. The maximum atomic E-state index is 13.2. The number of rotatable bonds is 5. The fourth-order valence-corrected chi connectivity index (χ4v) is 3.71. The number of aliphatic hydroxyl groups excluding tert-OH is 1. The number of aromatic nitrogens is 3. The highest BCUT2D eigenvalue weighted by molar-refractivity contribution is 6.05. The summed E-state index contributed by atoms with van der Waals surface area (Å²) in [6, 6.07) is 2.22. The van der Waals surface area contributed by atoms with Gasteiger partial charge in [0, 0.05) is 18.3 Å². The zero-order valence-electron chi connectivity index (χ0n) is 15.6. The Morgan fingerprint density at radius 2 is 2.20 bits per heavy atom. The van der Waals surface area contributed by atoms with Crippen LogP contribution in [0, 0.1) is 6.92 Å². The molecule has 6 nitrogen and oxygen atoms in total. The number of aliphatic hydroxyl groups is 1. The average Bonchev–Trinajstić information content (AvgIpc) is 3.18. The topological polar surface area (TPSA) is 71.2 Å². The molecule has 0 aromatic carbocycles. The SMILES string of the molecule is CCC(C)n1ncc2c(C(=O)N3CCCC3CC(C)O)cc(C)nc21. The van der Waals surface area contributed by atoms with Crippen molar-refractivity contribution in [2.45, 2.75) is 71.6 Å². The van der Waals surface area contributed by atoms with E-state index in [1.54, 1.807) is 13.1 Å². The summed E-state index contributed by atoms with van der Waals surface area (Å²) in [5.41, 5.74) is 2.28. The Balaban J connectivity index is 2.00. The summed E-state index contributed by atoms with van der Waals surface area (Å²) in [5.74, 6) is 0.0300. The summed E-state index contributed by atoms with van der Waals surface area (Å²) in [4.78, 5) is 19.8. The summed E-state index contributed by atoms with van der Waals surface area (Å²) in [7, 11) is 0. The van der Waals surface area contributed by atoms with Crippen LogP contribution in [0.25, 0.3) is 11.0 Å². The molecule has 1 amide bonds. The second-order valence-electron chi connectivity index (χ2n) is 7.27. The first-order valence-electron chi connectivity index (χ1n) is 9.26. The van der Waals surface area contributed by atoms with Gasteiger partial charge in [0.15, 0.2) is 5.65 Å². The van der Waals surface area contributed by atoms with Crippen LogP contribution in [-0.2, 0) is 0 Å². The van der Waals surface area contributed by atoms with Crippen molar-refractivity contribution in [2.24, 2.45) is 0 Å². The number of amides is 1. The lowest BCUT2D eigenvalue weighted by molar-refractivity contribution is 0.0684. The van der Waals surface area contributed by atoms with E-state index in [2.05, 4.69) is 23.9 Å². The number of carbonyl (C=O) groups is 1. The highest BCUT2D eigenvalue weighted by Gasteiger charge is 2.31. The van der Waals surface area contributed by atoms with Crippen molar-refractivity contribution in [1.82, 2.24) is 19.7 Å². The average molecular weight is 344 g/mol. The van der Waals surface area contributed by atoms with E-state index in [9.17, 15) is 9.90 Å². The van der Waals surface area contributed by atoms with Gasteiger partial charge in [-0.3, -0.25) is 4.79 Å². The van der Waals surface area contributed by atoms with Gasteiger partial charge in [-0.25, -0.2) is 9.67 Å². The summed E-state index contributed by atoms with van der Waals surface area (Å²) < 4.78 is 1.91. The summed E-state index contributed by atoms with van der Waals surface area (Å²) in [5, 5.41) is 15.0. The minimum atomic E-state index is -0.397. The van der Waals surface area contributed by atoms with Crippen molar-refractivity contribution >= 4 is 16.9 Å². The smallest absolute Gasteiger partial charge is 0.254 e. The van der Waals surface area contributed by atoms with Gasteiger partial charge in [-0.15, -0.1) is 0 Å². The number of fused-ring (bicyclic) bond motifs is 1. The first-order valence-corrected chi connectivity index (χ1v) is 9.26. The number of hydrogen-bond acceptors (Lipinski definition) is 4. The van der Waals surface area contributed by atoms with Gasteiger partial charge < -0.3 is 10.0 Å². The molecule has 1 saturated heterocycles. The van der Waals surface area contributed by atoms with Crippen molar-refractivity contribution in [3.8, 4) is 0 Å². The zero-order valence-corrected chi connectivity index (χ0v) is 15.6. The molecular weight excluding hydrogens is 316 g/mol. The van der Waals surface area contributed by atoms with Gasteiger partial charge in [-0.1, -0.05) is 6.92 Å².